The van der Waals surface area contributed by atoms with Gasteiger partial charge in [-0.3, -0.25) is 9.69 Å². The average molecular weight is 670 g/mol. The predicted molar refractivity (Wildman–Crippen MR) is 179 cm³/mol. The molecule has 6 aliphatic rings. The third kappa shape index (κ3) is 6.41. The summed E-state index contributed by atoms with van der Waals surface area (Å²) in [5.41, 5.74) is 9.12. The minimum atomic E-state index is -0.974. The number of carbonyl (C=O) groups is 3. The summed E-state index contributed by atoms with van der Waals surface area (Å²) in [6, 6.07) is 6.11. The van der Waals surface area contributed by atoms with Crippen molar-refractivity contribution >= 4 is 52.3 Å². The van der Waals surface area contributed by atoms with E-state index in [0.717, 1.165) is 47.2 Å². The summed E-state index contributed by atoms with van der Waals surface area (Å²) in [7, 11) is 0. The van der Waals surface area contributed by atoms with Gasteiger partial charge in [-0.2, -0.15) is 0 Å². The Morgan fingerprint density at radius 2 is 1.78 bits per heavy atom. The Hall–Kier alpha value is -3.06. The van der Waals surface area contributed by atoms with Gasteiger partial charge in [-0.05, 0) is 80.3 Å². The molecule has 2 aromatic rings. The van der Waals surface area contributed by atoms with Crippen molar-refractivity contribution in [3.63, 3.8) is 0 Å². The summed E-state index contributed by atoms with van der Waals surface area (Å²) in [5.74, 6) is 0.584. The molecule has 3 N–H and O–H groups in total. The van der Waals surface area contributed by atoms with Gasteiger partial charge in [0.05, 0.1) is 22.9 Å². The Labute approximate surface area is 279 Å². The number of nitrogen functional groups attached to an aromatic ring is 1. The standard InChI is InChI=1S/C33H44ClN7O4S/c1-21-16-22(17-25(34)30(21)35)18-28(31(42)39-13-11-38(12-14-39)27-19-37-7-2-23(27)3-8-37)45-33(44)40-9-4-24(5-10-40)41-20-29-26(6-15-46-29)36-32(41)43/h6,15-17,23-24,27-28H,2-5,7-14,18-20,35H2,1H3,(H,36,43)/t27?,28-/m1/s1. The summed E-state index contributed by atoms with van der Waals surface area (Å²) in [4.78, 5) is 52.1. The highest BCUT2D eigenvalue weighted by Gasteiger charge is 2.40. The lowest BCUT2D eigenvalue weighted by molar-refractivity contribution is -0.143. The van der Waals surface area contributed by atoms with Gasteiger partial charge < -0.3 is 35.4 Å². The summed E-state index contributed by atoms with van der Waals surface area (Å²) >= 11 is 8.05. The molecule has 7 heterocycles. The lowest BCUT2D eigenvalue weighted by Gasteiger charge is -2.51. The van der Waals surface area contributed by atoms with Gasteiger partial charge in [0.25, 0.3) is 5.91 Å². The average Bonchev–Trinajstić information content (AvgIpc) is 3.54. The molecule has 5 saturated heterocycles. The quantitative estimate of drug-likeness (QED) is 0.446. The van der Waals surface area contributed by atoms with Crippen molar-refractivity contribution in [2.75, 3.05) is 70.0 Å². The molecule has 13 heteroatoms. The zero-order chi connectivity index (χ0) is 31.9. The lowest BCUT2D eigenvalue weighted by Crippen LogP contribution is -2.62. The molecule has 2 bridgehead atoms. The van der Waals surface area contributed by atoms with E-state index in [4.69, 9.17) is 22.1 Å². The molecular formula is C33H44ClN7O4S. The fraction of sp³-hybridized carbons (Fsp3) is 0.606. The number of carbonyl (C=O) groups excluding carboxylic acids is 3. The van der Waals surface area contributed by atoms with Crippen LogP contribution in [0.15, 0.2) is 23.6 Å². The van der Waals surface area contributed by atoms with Crippen LogP contribution in [0.1, 0.15) is 41.7 Å². The molecule has 5 fully saturated rings. The van der Waals surface area contributed by atoms with E-state index in [9.17, 15) is 14.4 Å². The molecule has 0 saturated carbocycles. The molecule has 0 aliphatic carbocycles. The van der Waals surface area contributed by atoms with Gasteiger partial charge in [0.2, 0.25) is 0 Å². The van der Waals surface area contributed by atoms with Gasteiger partial charge in [0.1, 0.15) is 0 Å². The Balaban J connectivity index is 0.994. The number of nitrogens with one attached hydrogen (secondary N) is 1. The topological polar surface area (TPSA) is 115 Å². The van der Waals surface area contributed by atoms with Crippen LogP contribution in [-0.2, 0) is 22.5 Å². The Morgan fingerprint density at radius 3 is 2.46 bits per heavy atom. The summed E-state index contributed by atoms with van der Waals surface area (Å²) < 4.78 is 6.05. The van der Waals surface area contributed by atoms with Gasteiger partial charge in [-0.15, -0.1) is 11.3 Å². The van der Waals surface area contributed by atoms with E-state index in [-0.39, 0.29) is 24.4 Å². The zero-order valence-corrected chi connectivity index (χ0v) is 28.0. The number of aryl methyl sites for hydroxylation is 1. The molecule has 8 rings (SSSR count). The summed E-state index contributed by atoms with van der Waals surface area (Å²) in [6.45, 7) is 9.83. The van der Waals surface area contributed by atoms with E-state index < -0.39 is 12.2 Å². The largest absolute Gasteiger partial charge is 0.436 e. The number of urea groups is 1. The van der Waals surface area contributed by atoms with Crippen LogP contribution in [0.3, 0.4) is 0 Å². The maximum Gasteiger partial charge on any atom is 0.410 e. The first kappa shape index (κ1) is 31.5. The molecule has 46 heavy (non-hydrogen) atoms. The Kier molecular flexibility index (Phi) is 9.06. The van der Waals surface area contributed by atoms with E-state index in [0.29, 0.717) is 62.3 Å². The maximum absolute atomic E-state index is 14.0. The van der Waals surface area contributed by atoms with Gasteiger partial charge in [0.15, 0.2) is 6.10 Å². The highest BCUT2D eigenvalue weighted by atomic mass is 35.5. The molecule has 4 amide bonds. The minimum absolute atomic E-state index is 0.0316. The number of likely N-dealkylation sites (tertiary alicyclic amines) is 1. The second kappa shape index (κ2) is 13.2. The molecule has 11 nitrogen and oxygen atoms in total. The van der Waals surface area contributed by atoms with E-state index in [1.54, 1.807) is 22.3 Å². The number of amides is 4. The number of benzene rings is 1. The number of fused-ring (bicyclic) bond motifs is 4. The normalized spacial score (nSPS) is 26.1. The van der Waals surface area contributed by atoms with Crippen LogP contribution in [0.2, 0.25) is 5.02 Å². The van der Waals surface area contributed by atoms with E-state index in [2.05, 4.69) is 15.1 Å². The van der Waals surface area contributed by atoms with Crippen molar-refractivity contribution in [2.45, 2.75) is 63.8 Å². The second-order valence-electron chi connectivity index (χ2n) is 13.5. The molecule has 6 aliphatic heterocycles. The maximum atomic E-state index is 14.0. The third-order valence-corrected chi connectivity index (χ3v) is 12.0. The van der Waals surface area contributed by atoms with Crippen molar-refractivity contribution in [3.05, 3.63) is 44.6 Å². The number of ether oxygens (including phenoxy) is 1. The third-order valence-electron chi connectivity index (χ3n) is 10.8. The van der Waals surface area contributed by atoms with Gasteiger partial charge in [-0.25, -0.2) is 9.59 Å². The number of hydrogen-bond donors (Lipinski definition) is 2. The first-order chi connectivity index (χ1) is 22.2. The fourth-order valence-electron chi connectivity index (χ4n) is 8.00. The lowest BCUT2D eigenvalue weighted by atomic mass is 9.83. The SMILES string of the molecule is Cc1cc(C[C@@H](OC(=O)N2CCC(N3Cc4sccc4NC3=O)CC2)C(=O)N2CCN(C3CN4CCC3CC4)CC2)cc(Cl)c1N. The van der Waals surface area contributed by atoms with Crippen LogP contribution >= 0.6 is 22.9 Å². The number of nitrogens with zero attached hydrogens (tertiary/aromatic N) is 5. The van der Waals surface area contributed by atoms with E-state index >= 15 is 0 Å². The number of piperidine rings is 4. The fourth-order valence-corrected chi connectivity index (χ4v) is 9.12. The highest BCUT2D eigenvalue weighted by molar-refractivity contribution is 7.10. The van der Waals surface area contributed by atoms with Crippen LogP contribution in [-0.4, -0.2) is 120 Å². The molecule has 2 atom stereocenters. The number of rotatable bonds is 6. The van der Waals surface area contributed by atoms with Crippen LogP contribution in [0.4, 0.5) is 21.0 Å². The number of piperazine rings is 1. The molecule has 0 spiro atoms. The first-order valence-corrected chi connectivity index (χ1v) is 17.9. The highest BCUT2D eigenvalue weighted by Crippen LogP contribution is 2.33. The second-order valence-corrected chi connectivity index (χ2v) is 14.9. The number of thiophene rings is 1. The predicted octanol–water partition coefficient (Wildman–Crippen LogP) is 4.09. The van der Waals surface area contributed by atoms with Crippen molar-refractivity contribution in [1.29, 1.82) is 0 Å². The minimum Gasteiger partial charge on any atom is -0.436 e. The number of anilines is 2. The molecular weight excluding hydrogens is 626 g/mol. The van der Waals surface area contributed by atoms with Gasteiger partial charge >= 0.3 is 12.1 Å². The van der Waals surface area contributed by atoms with E-state index in [1.165, 1.54) is 25.9 Å². The molecule has 1 aromatic heterocycles. The van der Waals surface area contributed by atoms with Crippen LogP contribution in [0.5, 0.6) is 0 Å². The van der Waals surface area contributed by atoms with Crippen molar-refractivity contribution in [2.24, 2.45) is 5.92 Å². The molecule has 1 aromatic carbocycles. The molecule has 1 unspecified atom stereocenters. The smallest absolute Gasteiger partial charge is 0.410 e. The van der Waals surface area contributed by atoms with Crippen LogP contribution in [0, 0.1) is 12.8 Å². The summed E-state index contributed by atoms with van der Waals surface area (Å²) in [5, 5.41) is 5.40. The Bertz CT molecular complexity index is 1440. The number of nitrogens with two attached hydrogens (primary N) is 1. The Morgan fingerprint density at radius 1 is 1.04 bits per heavy atom. The molecule has 248 valence electrons. The van der Waals surface area contributed by atoms with E-state index in [1.807, 2.05) is 34.2 Å². The zero-order valence-electron chi connectivity index (χ0n) is 26.5. The molecule has 0 radical (unpaired) electrons. The first-order valence-electron chi connectivity index (χ1n) is 16.6. The summed E-state index contributed by atoms with van der Waals surface area (Å²) in [6.07, 6.45) is 2.58. The van der Waals surface area contributed by atoms with Crippen molar-refractivity contribution < 1.29 is 19.1 Å². The van der Waals surface area contributed by atoms with Crippen molar-refractivity contribution in [1.82, 2.24) is 24.5 Å². The number of halogens is 1. The van der Waals surface area contributed by atoms with Gasteiger partial charge in [-0.1, -0.05) is 17.7 Å². The van der Waals surface area contributed by atoms with Crippen LogP contribution < -0.4 is 11.1 Å². The number of hydrogen-bond acceptors (Lipinski definition) is 8. The van der Waals surface area contributed by atoms with Crippen molar-refractivity contribution in [3.8, 4) is 0 Å². The monoisotopic (exact) mass is 669 g/mol. The van der Waals surface area contributed by atoms with Gasteiger partial charge in [0, 0.05) is 69.2 Å². The van der Waals surface area contributed by atoms with Crippen LogP contribution in [0.25, 0.3) is 0 Å².